The zero-order valence-electron chi connectivity index (χ0n) is 10.5. The first-order valence-electron chi connectivity index (χ1n) is 6.74. The zero-order valence-corrected chi connectivity index (χ0v) is 12.1. The van der Waals surface area contributed by atoms with Crippen molar-refractivity contribution < 1.29 is 9.47 Å². The Kier molecular flexibility index (Phi) is 7.67. The van der Waals surface area contributed by atoms with Gasteiger partial charge in [0.05, 0.1) is 13.2 Å². The first-order chi connectivity index (χ1) is 7.77. The second kappa shape index (κ2) is 8.48. The summed E-state index contributed by atoms with van der Waals surface area (Å²) in [5.41, 5.74) is 0. The molecule has 0 aromatic heterocycles. The van der Waals surface area contributed by atoms with E-state index in [1.54, 1.807) is 0 Å². The number of ether oxygens (including phenoxy) is 2. The Morgan fingerprint density at radius 1 is 1.12 bits per heavy atom. The van der Waals surface area contributed by atoms with Crippen molar-refractivity contribution in [2.75, 3.05) is 13.2 Å². The van der Waals surface area contributed by atoms with Crippen LogP contribution in [0.25, 0.3) is 0 Å². The topological polar surface area (TPSA) is 18.5 Å². The Labute approximate surface area is 108 Å². The van der Waals surface area contributed by atoms with Gasteiger partial charge in [0.2, 0.25) is 4.70 Å². The monoisotopic (exact) mass is 292 g/mol. The van der Waals surface area contributed by atoms with Crippen molar-refractivity contribution in [3.05, 3.63) is 0 Å². The van der Waals surface area contributed by atoms with Crippen molar-refractivity contribution >= 4 is 15.9 Å². The van der Waals surface area contributed by atoms with Gasteiger partial charge in [-0.25, -0.2) is 0 Å². The fourth-order valence-corrected chi connectivity index (χ4v) is 2.56. The van der Waals surface area contributed by atoms with Crippen LogP contribution >= 0.6 is 15.9 Å². The standard InChI is InChI=1S/C13H25BrO2/c1-2-3-4-5-6-8-11-15-13(14)10-7-9-12-16-13/h2-12H2,1H3. The van der Waals surface area contributed by atoms with Crippen molar-refractivity contribution in [1.29, 1.82) is 0 Å². The summed E-state index contributed by atoms with van der Waals surface area (Å²) in [6, 6.07) is 0. The van der Waals surface area contributed by atoms with E-state index in [1.807, 2.05) is 0 Å². The molecule has 1 aliphatic rings. The van der Waals surface area contributed by atoms with E-state index in [2.05, 4.69) is 22.9 Å². The highest BCUT2D eigenvalue weighted by atomic mass is 79.9. The molecule has 1 fully saturated rings. The maximum absolute atomic E-state index is 5.77. The van der Waals surface area contributed by atoms with Gasteiger partial charge < -0.3 is 9.47 Å². The SMILES string of the molecule is CCCCCCCCOC1(Br)CCCCO1. The molecule has 96 valence electrons. The number of alkyl halides is 1. The highest BCUT2D eigenvalue weighted by Gasteiger charge is 2.30. The summed E-state index contributed by atoms with van der Waals surface area (Å²) in [5.74, 6) is 0. The van der Waals surface area contributed by atoms with Crippen LogP contribution < -0.4 is 0 Å². The van der Waals surface area contributed by atoms with E-state index < -0.39 is 4.70 Å². The minimum Gasteiger partial charge on any atom is -0.341 e. The van der Waals surface area contributed by atoms with Crippen molar-refractivity contribution in [3.63, 3.8) is 0 Å². The largest absolute Gasteiger partial charge is 0.341 e. The lowest BCUT2D eigenvalue weighted by Crippen LogP contribution is -2.33. The number of rotatable bonds is 8. The lowest BCUT2D eigenvalue weighted by atomic mass is 10.1. The van der Waals surface area contributed by atoms with Gasteiger partial charge >= 0.3 is 0 Å². The fourth-order valence-electron chi connectivity index (χ4n) is 1.96. The Hall–Kier alpha value is 0.400. The molecule has 2 nitrogen and oxygen atoms in total. The third kappa shape index (κ3) is 6.21. The van der Waals surface area contributed by atoms with Crippen LogP contribution in [0, 0.1) is 0 Å². The molecule has 1 atom stereocenters. The van der Waals surface area contributed by atoms with E-state index in [9.17, 15) is 0 Å². The molecular weight excluding hydrogens is 268 g/mol. The zero-order chi connectivity index (χ0) is 11.7. The molecule has 0 N–H and O–H groups in total. The van der Waals surface area contributed by atoms with Crippen molar-refractivity contribution in [2.24, 2.45) is 0 Å². The van der Waals surface area contributed by atoms with Gasteiger partial charge in [-0.05, 0) is 35.2 Å². The summed E-state index contributed by atoms with van der Waals surface area (Å²) < 4.78 is 10.9. The normalized spacial score (nSPS) is 25.9. The maximum Gasteiger partial charge on any atom is 0.226 e. The second-order valence-corrected chi connectivity index (χ2v) is 5.79. The van der Waals surface area contributed by atoms with E-state index in [0.29, 0.717) is 0 Å². The highest BCUT2D eigenvalue weighted by Crippen LogP contribution is 2.32. The molecule has 0 radical (unpaired) electrons. The predicted octanol–water partition coefficient (Wildman–Crippen LogP) is 4.61. The summed E-state index contributed by atoms with van der Waals surface area (Å²) in [6.45, 7) is 3.89. The Morgan fingerprint density at radius 3 is 2.56 bits per heavy atom. The van der Waals surface area contributed by atoms with Crippen LogP contribution in [0.3, 0.4) is 0 Å². The van der Waals surface area contributed by atoms with E-state index in [4.69, 9.17) is 9.47 Å². The molecule has 0 amide bonds. The van der Waals surface area contributed by atoms with Gasteiger partial charge in [-0.1, -0.05) is 39.0 Å². The summed E-state index contributed by atoms with van der Waals surface area (Å²) in [7, 11) is 0. The second-order valence-electron chi connectivity index (χ2n) is 4.58. The summed E-state index contributed by atoms with van der Waals surface area (Å²) in [5, 5.41) is 0. The van der Waals surface area contributed by atoms with Gasteiger partial charge in [0.25, 0.3) is 0 Å². The Morgan fingerprint density at radius 2 is 1.88 bits per heavy atom. The van der Waals surface area contributed by atoms with Gasteiger partial charge in [-0.2, -0.15) is 0 Å². The summed E-state index contributed by atoms with van der Waals surface area (Å²) >= 11 is 3.55. The van der Waals surface area contributed by atoms with Crippen LogP contribution in [-0.4, -0.2) is 17.9 Å². The van der Waals surface area contributed by atoms with E-state index in [1.165, 1.54) is 38.5 Å². The van der Waals surface area contributed by atoms with Crippen molar-refractivity contribution in [1.82, 2.24) is 0 Å². The van der Waals surface area contributed by atoms with E-state index in [0.717, 1.165) is 32.5 Å². The molecule has 0 aromatic rings. The van der Waals surface area contributed by atoms with E-state index in [-0.39, 0.29) is 0 Å². The van der Waals surface area contributed by atoms with Gasteiger partial charge in [0.1, 0.15) is 0 Å². The lowest BCUT2D eigenvalue weighted by Gasteiger charge is -2.31. The maximum atomic E-state index is 5.77. The third-order valence-electron chi connectivity index (χ3n) is 3.00. The van der Waals surface area contributed by atoms with Crippen LogP contribution in [0.5, 0.6) is 0 Å². The summed E-state index contributed by atoms with van der Waals surface area (Å²) in [6.07, 6.45) is 11.2. The predicted molar refractivity (Wildman–Crippen MR) is 70.8 cm³/mol. The molecule has 0 aromatic carbocycles. The highest BCUT2D eigenvalue weighted by molar-refractivity contribution is 9.10. The van der Waals surface area contributed by atoms with Crippen LogP contribution in [0.2, 0.25) is 0 Å². The van der Waals surface area contributed by atoms with Crippen LogP contribution in [-0.2, 0) is 9.47 Å². The van der Waals surface area contributed by atoms with Gasteiger partial charge in [-0.15, -0.1) is 0 Å². The molecule has 3 heteroatoms. The third-order valence-corrected chi connectivity index (χ3v) is 3.86. The number of hydrogen-bond donors (Lipinski definition) is 0. The lowest BCUT2D eigenvalue weighted by molar-refractivity contribution is -0.185. The quantitative estimate of drug-likeness (QED) is 0.480. The van der Waals surface area contributed by atoms with Crippen molar-refractivity contribution in [2.45, 2.75) is 69.4 Å². The van der Waals surface area contributed by atoms with Crippen LogP contribution in [0.4, 0.5) is 0 Å². The molecule has 1 heterocycles. The molecule has 1 aliphatic heterocycles. The molecule has 1 unspecified atom stereocenters. The molecular formula is C13H25BrO2. The fraction of sp³-hybridized carbons (Fsp3) is 1.00. The molecule has 0 aliphatic carbocycles. The Balaban J connectivity index is 1.93. The molecule has 0 bridgehead atoms. The molecule has 1 saturated heterocycles. The van der Waals surface area contributed by atoms with Crippen molar-refractivity contribution in [3.8, 4) is 0 Å². The van der Waals surface area contributed by atoms with Gasteiger partial charge in [0, 0.05) is 6.42 Å². The molecule has 0 spiro atoms. The van der Waals surface area contributed by atoms with Gasteiger partial charge in [-0.3, -0.25) is 0 Å². The minimum atomic E-state index is -0.464. The first kappa shape index (κ1) is 14.5. The number of hydrogen-bond acceptors (Lipinski definition) is 2. The Bertz CT molecular complexity index is 167. The van der Waals surface area contributed by atoms with Gasteiger partial charge in [0.15, 0.2) is 0 Å². The molecule has 16 heavy (non-hydrogen) atoms. The van der Waals surface area contributed by atoms with Crippen LogP contribution in [0.15, 0.2) is 0 Å². The molecule has 0 saturated carbocycles. The summed E-state index contributed by atoms with van der Waals surface area (Å²) in [4.78, 5) is 0. The van der Waals surface area contributed by atoms with E-state index >= 15 is 0 Å². The average Bonchev–Trinajstić information content (AvgIpc) is 2.29. The smallest absolute Gasteiger partial charge is 0.226 e. The first-order valence-corrected chi connectivity index (χ1v) is 7.53. The molecule has 1 rings (SSSR count). The number of halogens is 1. The van der Waals surface area contributed by atoms with Crippen LogP contribution in [0.1, 0.15) is 64.7 Å². The minimum absolute atomic E-state index is 0.464. The average molecular weight is 293 g/mol. The number of unbranched alkanes of at least 4 members (excludes halogenated alkanes) is 5.